The van der Waals surface area contributed by atoms with Crippen LogP contribution in [0.2, 0.25) is 0 Å². The number of amides is 1. The summed E-state index contributed by atoms with van der Waals surface area (Å²) in [5.74, 6) is 0. The quantitative estimate of drug-likeness (QED) is 0.720. The average molecular weight is 385 g/mol. The summed E-state index contributed by atoms with van der Waals surface area (Å²) < 4.78 is 6.46. The van der Waals surface area contributed by atoms with Crippen molar-refractivity contribution in [2.75, 3.05) is 6.54 Å². The van der Waals surface area contributed by atoms with E-state index in [2.05, 4.69) is 52.5 Å². The van der Waals surface area contributed by atoms with Crippen molar-refractivity contribution in [2.45, 2.75) is 65.1 Å². The highest BCUT2D eigenvalue weighted by molar-refractivity contribution is 9.10. The van der Waals surface area contributed by atoms with Crippen LogP contribution in [0.15, 0.2) is 28.7 Å². The van der Waals surface area contributed by atoms with Crippen molar-refractivity contribution in [3.8, 4) is 0 Å². The van der Waals surface area contributed by atoms with Gasteiger partial charge < -0.3 is 15.4 Å². The van der Waals surface area contributed by atoms with Crippen LogP contribution in [0.5, 0.6) is 0 Å². The number of halogens is 1. The molecule has 0 spiro atoms. The summed E-state index contributed by atoms with van der Waals surface area (Å²) in [5, 5.41) is 6.50. The topological polar surface area (TPSA) is 50.4 Å². The van der Waals surface area contributed by atoms with Crippen LogP contribution < -0.4 is 10.6 Å². The highest BCUT2D eigenvalue weighted by Crippen LogP contribution is 2.17. The van der Waals surface area contributed by atoms with Gasteiger partial charge in [0.15, 0.2) is 0 Å². The van der Waals surface area contributed by atoms with E-state index in [4.69, 9.17) is 4.74 Å². The second-order valence-corrected chi connectivity index (χ2v) is 7.76. The number of alkyl carbamates (subject to hydrolysis) is 1. The normalized spacial score (nSPS) is 12.1. The van der Waals surface area contributed by atoms with E-state index >= 15 is 0 Å². The highest BCUT2D eigenvalue weighted by Gasteiger charge is 2.30. The molecule has 0 bridgehead atoms. The van der Waals surface area contributed by atoms with Gasteiger partial charge in [0.25, 0.3) is 0 Å². The number of hydrogen-bond acceptors (Lipinski definition) is 3. The van der Waals surface area contributed by atoms with E-state index in [0.29, 0.717) is 6.54 Å². The third-order valence-corrected chi connectivity index (χ3v) is 4.29. The number of rotatable bonds is 7. The predicted octanol–water partition coefficient (Wildman–Crippen LogP) is 4.62. The lowest BCUT2D eigenvalue weighted by molar-refractivity contribution is 0.0446. The summed E-state index contributed by atoms with van der Waals surface area (Å²) >= 11 is 3.48. The standard InChI is InChI=1S/C18H29BrN2O2/c1-6-18(7-2,21-16(22)23-17(3,4)5)13-20-12-14-9-8-10-15(19)11-14/h8-11,20H,6-7,12-13H2,1-5H3,(H,21,22). The molecular formula is C18H29BrN2O2. The van der Waals surface area contributed by atoms with Crippen molar-refractivity contribution in [2.24, 2.45) is 0 Å². The minimum Gasteiger partial charge on any atom is -0.444 e. The molecule has 0 aromatic heterocycles. The minimum absolute atomic E-state index is 0.297. The molecule has 0 unspecified atom stereocenters. The zero-order valence-corrected chi connectivity index (χ0v) is 16.4. The largest absolute Gasteiger partial charge is 0.444 e. The molecule has 130 valence electrons. The van der Waals surface area contributed by atoms with Crippen LogP contribution in [-0.2, 0) is 11.3 Å². The molecule has 23 heavy (non-hydrogen) atoms. The lowest BCUT2D eigenvalue weighted by atomic mass is 9.92. The van der Waals surface area contributed by atoms with Gasteiger partial charge in [0.2, 0.25) is 0 Å². The van der Waals surface area contributed by atoms with Gasteiger partial charge in [-0.15, -0.1) is 0 Å². The number of benzene rings is 1. The second kappa shape index (κ2) is 8.69. The summed E-state index contributed by atoms with van der Waals surface area (Å²) in [6, 6.07) is 8.20. The molecule has 0 radical (unpaired) electrons. The molecule has 0 saturated heterocycles. The maximum Gasteiger partial charge on any atom is 0.408 e. The fourth-order valence-electron chi connectivity index (χ4n) is 2.33. The summed E-state index contributed by atoms with van der Waals surface area (Å²) in [7, 11) is 0. The van der Waals surface area contributed by atoms with E-state index in [1.807, 2.05) is 32.9 Å². The Bertz CT molecular complexity index is 508. The van der Waals surface area contributed by atoms with Crippen LogP contribution in [0.25, 0.3) is 0 Å². The fourth-order valence-corrected chi connectivity index (χ4v) is 2.78. The molecule has 4 nitrogen and oxygen atoms in total. The Kier molecular flexibility index (Phi) is 7.55. The van der Waals surface area contributed by atoms with Crippen molar-refractivity contribution in [1.82, 2.24) is 10.6 Å². The lowest BCUT2D eigenvalue weighted by Gasteiger charge is -2.34. The van der Waals surface area contributed by atoms with Crippen LogP contribution in [-0.4, -0.2) is 23.8 Å². The number of carbonyl (C=O) groups is 1. The number of ether oxygens (including phenoxy) is 1. The molecule has 0 atom stereocenters. The van der Waals surface area contributed by atoms with E-state index in [0.717, 1.165) is 23.9 Å². The van der Waals surface area contributed by atoms with Gasteiger partial charge in [-0.2, -0.15) is 0 Å². The molecule has 0 aliphatic heterocycles. The van der Waals surface area contributed by atoms with Gasteiger partial charge in [-0.1, -0.05) is 41.9 Å². The van der Waals surface area contributed by atoms with Crippen molar-refractivity contribution in [1.29, 1.82) is 0 Å². The number of carbonyl (C=O) groups excluding carboxylic acids is 1. The molecule has 1 amide bonds. The first-order chi connectivity index (χ1) is 10.7. The van der Waals surface area contributed by atoms with Crippen molar-refractivity contribution in [3.05, 3.63) is 34.3 Å². The van der Waals surface area contributed by atoms with E-state index in [-0.39, 0.29) is 11.6 Å². The highest BCUT2D eigenvalue weighted by atomic mass is 79.9. The van der Waals surface area contributed by atoms with Gasteiger partial charge in [-0.05, 0) is 51.3 Å². The van der Waals surface area contributed by atoms with Crippen LogP contribution in [0.3, 0.4) is 0 Å². The Balaban J connectivity index is 2.60. The van der Waals surface area contributed by atoms with Gasteiger partial charge in [0.1, 0.15) is 5.60 Å². The monoisotopic (exact) mass is 384 g/mol. The van der Waals surface area contributed by atoms with Gasteiger partial charge in [-0.3, -0.25) is 0 Å². The Labute approximate surface area is 148 Å². The van der Waals surface area contributed by atoms with Gasteiger partial charge >= 0.3 is 6.09 Å². The Morgan fingerprint density at radius 2 is 1.87 bits per heavy atom. The average Bonchev–Trinajstić information content (AvgIpc) is 2.44. The third kappa shape index (κ3) is 7.36. The second-order valence-electron chi connectivity index (χ2n) is 6.85. The van der Waals surface area contributed by atoms with E-state index in [1.165, 1.54) is 5.56 Å². The summed E-state index contributed by atoms with van der Waals surface area (Å²) in [6.45, 7) is 11.2. The van der Waals surface area contributed by atoms with Crippen LogP contribution in [0.4, 0.5) is 4.79 Å². The first kappa shape index (κ1) is 20.0. The minimum atomic E-state index is -0.485. The van der Waals surface area contributed by atoms with Crippen molar-refractivity contribution in [3.63, 3.8) is 0 Å². The predicted molar refractivity (Wildman–Crippen MR) is 98.5 cm³/mol. The molecule has 5 heteroatoms. The first-order valence-electron chi connectivity index (χ1n) is 8.16. The molecule has 0 saturated carbocycles. The molecule has 0 heterocycles. The number of hydrogen-bond donors (Lipinski definition) is 2. The molecule has 1 rings (SSSR count). The summed E-state index contributed by atoms with van der Waals surface area (Å²) in [6.07, 6.45) is 1.33. The molecule has 0 aliphatic rings. The molecule has 0 aliphatic carbocycles. The molecule has 2 N–H and O–H groups in total. The maximum atomic E-state index is 12.1. The smallest absolute Gasteiger partial charge is 0.408 e. The van der Waals surface area contributed by atoms with Crippen LogP contribution in [0.1, 0.15) is 53.0 Å². The van der Waals surface area contributed by atoms with Gasteiger partial charge in [0.05, 0.1) is 5.54 Å². The van der Waals surface area contributed by atoms with Gasteiger partial charge in [0, 0.05) is 17.6 Å². The Morgan fingerprint density at radius 3 is 2.39 bits per heavy atom. The van der Waals surface area contributed by atoms with Crippen molar-refractivity contribution < 1.29 is 9.53 Å². The summed E-state index contributed by atoms with van der Waals surface area (Å²) in [5.41, 5.74) is 0.424. The molecule has 0 fully saturated rings. The zero-order valence-electron chi connectivity index (χ0n) is 14.8. The number of nitrogens with one attached hydrogen (secondary N) is 2. The third-order valence-electron chi connectivity index (χ3n) is 3.80. The SMILES string of the molecule is CCC(CC)(CNCc1cccc(Br)c1)NC(=O)OC(C)(C)C. The van der Waals surface area contributed by atoms with E-state index < -0.39 is 5.60 Å². The van der Waals surface area contributed by atoms with Gasteiger partial charge in [-0.25, -0.2) is 4.79 Å². The van der Waals surface area contributed by atoms with Crippen LogP contribution in [0, 0.1) is 0 Å². The van der Waals surface area contributed by atoms with E-state index in [9.17, 15) is 4.79 Å². The molecule has 1 aromatic rings. The van der Waals surface area contributed by atoms with E-state index in [1.54, 1.807) is 0 Å². The van der Waals surface area contributed by atoms with Crippen LogP contribution >= 0.6 is 15.9 Å². The first-order valence-corrected chi connectivity index (χ1v) is 8.95. The lowest BCUT2D eigenvalue weighted by Crippen LogP contribution is -2.55. The molecule has 1 aromatic carbocycles. The zero-order chi connectivity index (χ0) is 17.5. The Morgan fingerprint density at radius 1 is 1.22 bits per heavy atom. The fraction of sp³-hybridized carbons (Fsp3) is 0.611. The Hall–Kier alpha value is -1.07. The maximum absolute atomic E-state index is 12.1. The van der Waals surface area contributed by atoms with Crippen molar-refractivity contribution >= 4 is 22.0 Å². The molecular weight excluding hydrogens is 356 g/mol. The summed E-state index contributed by atoms with van der Waals surface area (Å²) in [4.78, 5) is 12.1.